The van der Waals surface area contributed by atoms with E-state index in [0.717, 1.165) is 10.8 Å². The standard InChI is InChI=1S/C12H21N5O5/c1-7(2)9(19)10(13)12(14,22-8(3)6-18)16-5-4-15-11(16)17(20)21/h4-5,7-8,10,18H,6,13-14H2,1-3H3. The number of carbonyl (C=O) groups excluding carboxylic acids is 1. The van der Waals surface area contributed by atoms with Crippen molar-refractivity contribution in [3.63, 3.8) is 0 Å². The lowest BCUT2D eigenvalue weighted by molar-refractivity contribution is -0.401. The van der Waals surface area contributed by atoms with Gasteiger partial charge in [-0.25, -0.2) is 0 Å². The maximum atomic E-state index is 12.2. The van der Waals surface area contributed by atoms with Crippen LogP contribution < -0.4 is 11.5 Å². The maximum Gasteiger partial charge on any atom is 0.438 e. The molecule has 22 heavy (non-hydrogen) atoms. The molecule has 0 spiro atoms. The van der Waals surface area contributed by atoms with Crippen LogP contribution >= 0.6 is 0 Å². The molecule has 0 aliphatic heterocycles. The molecule has 1 heterocycles. The number of hydrogen-bond donors (Lipinski definition) is 3. The van der Waals surface area contributed by atoms with Gasteiger partial charge in [-0.3, -0.25) is 10.5 Å². The van der Waals surface area contributed by atoms with Gasteiger partial charge in [0.15, 0.2) is 5.78 Å². The molecule has 0 saturated carbocycles. The lowest BCUT2D eigenvalue weighted by Gasteiger charge is -2.34. The summed E-state index contributed by atoms with van der Waals surface area (Å²) < 4.78 is 6.35. The highest BCUT2D eigenvalue weighted by Crippen LogP contribution is 2.25. The third kappa shape index (κ3) is 3.47. The SMILES string of the molecule is CC(CO)OC(N)(C(N)C(=O)C(C)C)n1ccnc1[N+](=O)[O-]. The van der Waals surface area contributed by atoms with Gasteiger partial charge in [0.05, 0.1) is 12.7 Å². The van der Waals surface area contributed by atoms with Gasteiger partial charge in [0.1, 0.15) is 18.4 Å². The first-order valence-corrected chi connectivity index (χ1v) is 6.70. The molecule has 10 nitrogen and oxygen atoms in total. The molecule has 0 aliphatic carbocycles. The number of hydrogen-bond acceptors (Lipinski definition) is 8. The first-order chi connectivity index (χ1) is 10.1. The second-order valence-corrected chi connectivity index (χ2v) is 5.25. The van der Waals surface area contributed by atoms with Crippen LogP contribution in [0.5, 0.6) is 0 Å². The van der Waals surface area contributed by atoms with E-state index < -0.39 is 47.2 Å². The Morgan fingerprint density at radius 1 is 1.59 bits per heavy atom. The Bertz CT molecular complexity index is 546. The van der Waals surface area contributed by atoms with Crippen molar-refractivity contribution in [2.24, 2.45) is 17.4 Å². The molecule has 5 N–H and O–H groups in total. The number of nitro groups is 1. The Labute approximate surface area is 127 Å². The molecule has 1 aromatic rings. The van der Waals surface area contributed by atoms with E-state index in [4.69, 9.17) is 21.3 Å². The zero-order valence-corrected chi connectivity index (χ0v) is 12.7. The Hall–Kier alpha value is -1.88. The van der Waals surface area contributed by atoms with E-state index in [1.54, 1.807) is 13.8 Å². The van der Waals surface area contributed by atoms with Crippen LogP contribution in [0.4, 0.5) is 5.95 Å². The molecular formula is C12H21N5O5. The molecule has 0 bridgehead atoms. The monoisotopic (exact) mass is 315 g/mol. The van der Waals surface area contributed by atoms with Gasteiger partial charge in [0, 0.05) is 5.92 Å². The van der Waals surface area contributed by atoms with Gasteiger partial charge in [-0.2, -0.15) is 4.57 Å². The number of aliphatic hydroxyl groups excluding tert-OH is 1. The first-order valence-electron chi connectivity index (χ1n) is 6.70. The summed E-state index contributed by atoms with van der Waals surface area (Å²) in [4.78, 5) is 26.0. The van der Waals surface area contributed by atoms with Crippen molar-refractivity contribution in [3.05, 3.63) is 22.5 Å². The summed E-state index contributed by atoms with van der Waals surface area (Å²) in [5.41, 5.74) is 12.0. The minimum atomic E-state index is -2.04. The number of Topliss-reactive ketones (excluding diaryl/α,β-unsaturated/α-hetero) is 1. The maximum absolute atomic E-state index is 12.2. The van der Waals surface area contributed by atoms with Gasteiger partial charge in [-0.1, -0.05) is 18.8 Å². The van der Waals surface area contributed by atoms with Gasteiger partial charge >= 0.3 is 5.95 Å². The summed E-state index contributed by atoms with van der Waals surface area (Å²) >= 11 is 0. The normalized spacial score (nSPS) is 17.0. The number of aromatic nitrogens is 2. The van der Waals surface area contributed by atoms with E-state index in [2.05, 4.69) is 4.98 Å². The third-order valence-electron chi connectivity index (χ3n) is 3.13. The van der Waals surface area contributed by atoms with Crippen molar-refractivity contribution in [1.82, 2.24) is 9.55 Å². The van der Waals surface area contributed by atoms with Gasteiger partial charge in [-0.15, -0.1) is 0 Å². The molecule has 10 heteroatoms. The second-order valence-electron chi connectivity index (χ2n) is 5.25. The number of ketones is 1. The van der Waals surface area contributed by atoms with Crippen molar-refractivity contribution in [1.29, 1.82) is 0 Å². The van der Waals surface area contributed by atoms with Crippen molar-refractivity contribution in [2.75, 3.05) is 6.61 Å². The summed E-state index contributed by atoms with van der Waals surface area (Å²) in [7, 11) is 0. The smallest absolute Gasteiger partial charge is 0.394 e. The van der Waals surface area contributed by atoms with Gasteiger partial charge in [0.25, 0.3) is 5.85 Å². The Morgan fingerprint density at radius 3 is 2.64 bits per heavy atom. The van der Waals surface area contributed by atoms with Crippen molar-refractivity contribution in [2.45, 2.75) is 38.8 Å². The molecule has 0 amide bonds. The van der Waals surface area contributed by atoms with E-state index in [1.165, 1.54) is 13.1 Å². The minimum absolute atomic E-state index is 0.399. The second kappa shape index (κ2) is 6.92. The summed E-state index contributed by atoms with van der Waals surface area (Å²) in [6.07, 6.45) is 1.56. The number of imidazole rings is 1. The van der Waals surface area contributed by atoms with E-state index in [1.807, 2.05) is 0 Å². The van der Waals surface area contributed by atoms with Crippen LogP contribution in [0.15, 0.2) is 12.4 Å². The Morgan fingerprint density at radius 2 is 2.18 bits per heavy atom. The van der Waals surface area contributed by atoms with E-state index in [9.17, 15) is 14.9 Å². The van der Waals surface area contributed by atoms with Crippen molar-refractivity contribution >= 4 is 11.7 Å². The number of ether oxygens (including phenoxy) is 1. The van der Waals surface area contributed by atoms with Crippen LogP contribution in [0.3, 0.4) is 0 Å². The quantitative estimate of drug-likeness (QED) is 0.323. The lowest BCUT2D eigenvalue weighted by atomic mass is 9.98. The number of aliphatic hydroxyl groups is 1. The number of rotatable bonds is 8. The zero-order valence-electron chi connectivity index (χ0n) is 12.7. The molecule has 0 aliphatic rings. The Balaban J connectivity index is 3.36. The summed E-state index contributed by atoms with van der Waals surface area (Å²) in [6.45, 7) is 4.35. The fraction of sp³-hybridized carbons (Fsp3) is 0.667. The first kappa shape index (κ1) is 18.2. The predicted octanol–water partition coefficient (Wildman–Crippen LogP) is -0.690. The van der Waals surface area contributed by atoms with Gasteiger partial charge in [-0.05, 0) is 11.8 Å². The number of nitrogens with zero attached hydrogens (tertiary/aromatic N) is 3. The van der Waals surface area contributed by atoms with Crippen molar-refractivity contribution < 1.29 is 19.6 Å². The molecular weight excluding hydrogens is 294 g/mol. The molecule has 124 valence electrons. The molecule has 0 aromatic carbocycles. The van der Waals surface area contributed by atoms with E-state index in [-0.39, 0.29) is 0 Å². The summed E-state index contributed by atoms with van der Waals surface area (Å²) in [5, 5.41) is 20.2. The third-order valence-corrected chi connectivity index (χ3v) is 3.13. The molecule has 0 radical (unpaired) electrons. The van der Waals surface area contributed by atoms with Crippen LogP contribution in [0, 0.1) is 16.0 Å². The molecule has 1 aromatic heterocycles. The number of carbonyl (C=O) groups is 1. The predicted molar refractivity (Wildman–Crippen MR) is 76.5 cm³/mol. The van der Waals surface area contributed by atoms with E-state index in [0.29, 0.717) is 0 Å². The van der Waals surface area contributed by atoms with Crippen LogP contribution in [-0.2, 0) is 15.4 Å². The van der Waals surface area contributed by atoms with Crippen LogP contribution in [0.2, 0.25) is 0 Å². The lowest BCUT2D eigenvalue weighted by Crippen LogP contribution is -2.63. The molecule has 1 rings (SSSR count). The van der Waals surface area contributed by atoms with Crippen molar-refractivity contribution in [3.8, 4) is 0 Å². The molecule has 0 fully saturated rings. The summed E-state index contributed by atoms with van der Waals surface area (Å²) in [5.74, 6) is -3.54. The summed E-state index contributed by atoms with van der Waals surface area (Å²) in [6, 6.07) is -1.38. The van der Waals surface area contributed by atoms with Crippen LogP contribution in [0.25, 0.3) is 0 Å². The topological polar surface area (TPSA) is 160 Å². The van der Waals surface area contributed by atoms with Crippen LogP contribution in [0.1, 0.15) is 20.8 Å². The fourth-order valence-corrected chi connectivity index (χ4v) is 1.91. The minimum Gasteiger partial charge on any atom is -0.394 e. The van der Waals surface area contributed by atoms with Crippen LogP contribution in [-0.4, -0.2) is 44.1 Å². The zero-order chi connectivity index (χ0) is 17.1. The average molecular weight is 315 g/mol. The van der Waals surface area contributed by atoms with Gasteiger partial charge in [0.2, 0.25) is 0 Å². The number of nitrogens with two attached hydrogens (primary N) is 2. The highest BCUT2D eigenvalue weighted by molar-refractivity contribution is 5.86. The molecule has 3 unspecified atom stereocenters. The Kier molecular flexibility index (Phi) is 5.72. The van der Waals surface area contributed by atoms with Gasteiger partial charge < -0.3 is 25.7 Å². The highest BCUT2D eigenvalue weighted by Gasteiger charge is 2.47. The fourth-order valence-electron chi connectivity index (χ4n) is 1.91. The molecule has 0 saturated heterocycles. The highest BCUT2D eigenvalue weighted by atomic mass is 16.6. The van der Waals surface area contributed by atoms with E-state index >= 15 is 0 Å². The average Bonchev–Trinajstić information content (AvgIpc) is 2.95. The largest absolute Gasteiger partial charge is 0.438 e. The molecule has 3 atom stereocenters.